The standard InChI is InChI=1S/C14H23N3O3S/c1-5-20-13(19)11(15-9(2)3)6-7-21-14-16-10(4)8-12(18)17-14/h8-9,11,15H,5-7H2,1-4H3,(H,16,17,18). The van der Waals surface area contributed by atoms with E-state index in [2.05, 4.69) is 15.3 Å². The quantitative estimate of drug-likeness (QED) is 0.430. The van der Waals surface area contributed by atoms with Crippen LogP contribution in [0.4, 0.5) is 0 Å². The first-order valence-electron chi connectivity index (χ1n) is 7.05. The minimum absolute atomic E-state index is 0.160. The fourth-order valence-corrected chi connectivity index (χ4v) is 2.74. The molecule has 0 aliphatic heterocycles. The van der Waals surface area contributed by atoms with Gasteiger partial charge in [0.1, 0.15) is 6.04 Å². The van der Waals surface area contributed by atoms with Gasteiger partial charge in [0.25, 0.3) is 5.56 Å². The summed E-state index contributed by atoms with van der Waals surface area (Å²) in [5, 5.41) is 3.77. The summed E-state index contributed by atoms with van der Waals surface area (Å²) in [6, 6.07) is 1.31. The maximum Gasteiger partial charge on any atom is 0.323 e. The van der Waals surface area contributed by atoms with Crippen LogP contribution in [-0.2, 0) is 9.53 Å². The van der Waals surface area contributed by atoms with Crippen molar-refractivity contribution >= 4 is 17.7 Å². The first-order chi connectivity index (χ1) is 9.92. The Labute approximate surface area is 129 Å². The number of ether oxygens (including phenoxy) is 1. The van der Waals surface area contributed by atoms with Crippen LogP contribution in [0.15, 0.2) is 16.0 Å². The molecule has 0 spiro atoms. The van der Waals surface area contributed by atoms with E-state index in [-0.39, 0.29) is 23.6 Å². The van der Waals surface area contributed by atoms with Crippen LogP contribution in [0.1, 0.15) is 32.9 Å². The number of thioether (sulfide) groups is 1. The number of nitrogens with one attached hydrogen (secondary N) is 2. The third-order valence-corrected chi connectivity index (χ3v) is 3.51. The fraction of sp³-hybridized carbons (Fsp3) is 0.643. The second kappa shape index (κ2) is 8.84. The van der Waals surface area contributed by atoms with Gasteiger partial charge in [-0.25, -0.2) is 4.98 Å². The minimum atomic E-state index is -0.339. The maximum absolute atomic E-state index is 11.9. The van der Waals surface area contributed by atoms with Gasteiger partial charge < -0.3 is 15.0 Å². The predicted octanol–water partition coefficient (Wildman–Crippen LogP) is 1.49. The van der Waals surface area contributed by atoms with Crippen LogP contribution in [-0.4, -0.2) is 40.4 Å². The molecular weight excluding hydrogens is 290 g/mol. The number of aromatic amines is 1. The van der Waals surface area contributed by atoms with Crippen molar-refractivity contribution in [1.29, 1.82) is 0 Å². The number of carbonyl (C=O) groups excluding carboxylic acids is 1. The van der Waals surface area contributed by atoms with Gasteiger partial charge >= 0.3 is 5.97 Å². The highest BCUT2D eigenvalue weighted by Gasteiger charge is 2.20. The van der Waals surface area contributed by atoms with Crippen LogP contribution in [0, 0.1) is 6.92 Å². The number of aryl methyl sites for hydroxylation is 1. The molecule has 7 heteroatoms. The molecule has 0 saturated carbocycles. The topological polar surface area (TPSA) is 84.1 Å². The molecule has 0 amide bonds. The van der Waals surface area contributed by atoms with Gasteiger partial charge in [0.05, 0.1) is 6.61 Å². The van der Waals surface area contributed by atoms with Crippen molar-refractivity contribution in [2.24, 2.45) is 0 Å². The molecule has 0 saturated heterocycles. The predicted molar refractivity (Wildman–Crippen MR) is 83.6 cm³/mol. The Morgan fingerprint density at radius 1 is 1.52 bits per heavy atom. The number of rotatable bonds is 8. The number of nitrogens with zero attached hydrogens (tertiary/aromatic N) is 1. The van der Waals surface area contributed by atoms with E-state index in [0.29, 0.717) is 29.6 Å². The number of H-pyrrole nitrogens is 1. The molecule has 21 heavy (non-hydrogen) atoms. The van der Waals surface area contributed by atoms with Gasteiger partial charge in [-0.2, -0.15) is 0 Å². The van der Waals surface area contributed by atoms with Crippen LogP contribution in [0.25, 0.3) is 0 Å². The minimum Gasteiger partial charge on any atom is -0.465 e. The van der Waals surface area contributed by atoms with E-state index in [4.69, 9.17) is 4.74 Å². The van der Waals surface area contributed by atoms with Crippen molar-refractivity contribution in [3.8, 4) is 0 Å². The smallest absolute Gasteiger partial charge is 0.323 e. The lowest BCUT2D eigenvalue weighted by Gasteiger charge is -2.19. The average molecular weight is 313 g/mol. The van der Waals surface area contributed by atoms with E-state index >= 15 is 0 Å². The van der Waals surface area contributed by atoms with Gasteiger partial charge in [0.2, 0.25) is 0 Å². The molecule has 0 aromatic carbocycles. The number of hydrogen-bond acceptors (Lipinski definition) is 6. The molecule has 0 radical (unpaired) electrons. The van der Waals surface area contributed by atoms with Crippen LogP contribution in [0.5, 0.6) is 0 Å². The molecule has 0 aliphatic carbocycles. The Bertz CT molecular complexity index is 516. The highest BCUT2D eigenvalue weighted by molar-refractivity contribution is 7.99. The summed E-state index contributed by atoms with van der Waals surface area (Å²) < 4.78 is 5.06. The van der Waals surface area contributed by atoms with Crippen LogP contribution >= 0.6 is 11.8 Å². The molecule has 1 aromatic heterocycles. The highest BCUT2D eigenvalue weighted by atomic mass is 32.2. The molecule has 6 nitrogen and oxygen atoms in total. The molecule has 0 fully saturated rings. The second-order valence-electron chi connectivity index (χ2n) is 4.96. The molecule has 118 valence electrons. The summed E-state index contributed by atoms with van der Waals surface area (Å²) in [6.07, 6.45) is 0.610. The zero-order valence-corrected chi connectivity index (χ0v) is 13.8. The van der Waals surface area contributed by atoms with E-state index in [9.17, 15) is 9.59 Å². The summed E-state index contributed by atoms with van der Waals surface area (Å²) >= 11 is 1.43. The van der Waals surface area contributed by atoms with Crippen molar-refractivity contribution in [2.75, 3.05) is 12.4 Å². The van der Waals surface area contributed by atoms with E-state index in [1.807, 2.05) is 13.8 Å². The van der Waals surface area contributed by atoms with Gasteiger partial charge in [-0.1, -0.05) is 25.6 Å². The second-order valence-corrected chi connectivity index (χ2v) is 6.04. The highest BCUT2D eigenvalue weighted by Crippen LogP contribution is 2.14. The third-order valence-electron chi connectivity index (χ3n) is 2.60. The van der Waals surface area contributed by atoms with Crippen molar-refractivity contribution in [3.05, 3.63) is 22.1 Å². The van der Waals surface area contributed by atoms with Crippen molar-refractivity contribution in [1.82, 2.24) is 15.3 Å². The summed E-state index contributed by atoms with van der Waals surface area (Å²) in [6.45, 7) is 7.91. The molecule has 1 aromatic rings. The van der Waals surface area contributed by atoms with Gasteiger partial charge in [-0.05, 0) is 20.3 Å². The molecular formula is C14H23N3O3S. The van der Waals surface area contributed by atoms with E-state index < -0.39 is 0 Å². The largest absolute Gasteiger partial charge is 0.465 e. The van der Waals surface area contributed by atoms with Crippen LogP contribution < -0.4 is 10.9 Å². The third kappa shape index (κ3) is 6.77. The molecule has 0 bridgehead atoms. The van der Waals surface area contributed by atoms with E-state index in [1.54, 1.807) is 13.8 Å². The zero-order valence-electron chi connectivity index (χ0n) is 12.9. The van der Waals surface area contributed by atoms with Crippen molar-refractivity contribution < 1.29 is 9.53 Å². The first kappa shape index (κ1) is 17.7. The SMILES string of the molecule is CCOC(=O)C(CCSc1nc(C)cc(=O)[nH]1)NC(C)C. The number of carbonyl (C=O) groups is 1. The normalized spacial score (nSPS) is 12.4. The molecule has 1 rings (SSSR count). The molecule has 0 aliphatic rings. The summed E-state index contributed by atoms with van der Waals surface area (Å²) in [4.78, 5) is 30.1. The Morgan fingerprint density at radius 3 is 2.81 bits per heavy atom. The zero-order chi connectivity index (χ0) is 15.8. The van der Waals surface area contributed by atoms with E-state index in [0.717, 1.165) is 0 Å². The van der Waals surface area contributed by atoms with Gasteiger partial charge in [-0.15, -0.1) is 0 Å². The van der Waals surface area contributed by atoms with Crippen molar-refractivity contribution in [3.63, 3.8) is 0 Å². The van der Waals surface area contributed by atoms with Gasteiger partial charge in [-0.3, -0.25) is 9.59 Å². The molecule has 1 heterocycles. The number of aromatic nitrogens is 2. The Morgan fingerprint density at radius 2 is 2.24 bits per heavy atom. The summed E-state index contributed by atoms with van der Waals surface area (Å²) in [5.41, 5.74) is 0.524. The summed E-state index contributed by atoms with van der Waals surface area (Å²) in [7, 11) is 0. The number of hydrogen-bond donors (Lipinski definition) is 2. The van der Waals surface area contributed by atoms with Crippen LogP contribution in [0.3, 0.4) is 0 Å². The average Bonchev–Trinajstić information content (AvgIpc) is 2.36. The van der Waals surface area contributed by atoms with Gasteiger partial charge in [0, 0.05) is 23.6 Å². The lowest BCUT2D eigenvalue weighted by Crippen LogP contribution is -2.42. The number of esters is 1. The Kier molecular flexibility index (Phi) is 7.45. The molecule has 2 N–H and O–H groups in total. The monoisotopic (exact) mass is 313 g/mol. The summed E-state index contributed by atoms with van der Waals surface area (Å²) in [5.74, 6) is 0.424. The van der Waals surface area contributed by atoms with Crippen LogP contribution in [0.2, 0.25) is 0 Å². The first-order valence-corrected chi connectivity index (χ1v) is 8.04. The van der Waals surface area contributed by atoms with Gasteiger partial charge in [0.15, 0.2) is 5.16 Å². The Hall–Kier alpha value is -1.34. The lowest BCUT2D eigenvalue weighted by molar-refractivity contribution is -0.145. The lowest BCUT2D eigenvalue weighted by atomic mass is 10.2. The maximum atomic E-state index is 11.9. The molecule has 1 atom stereocenters. The molecule has 1 unspecified atom stereocenters. The van der Waals surface area contributed by atoms with Crippen molar-refractivity contribution in [2.45, 2.75) is 51.4 Å². The van der Waals surface area contributed by atoms with E-state index in [1.165, 1.54) is 17.8 Å². The Balaban J connectivity index is 2.56. The fourth-order valence-electron chi connectivity index (χ4n) is 1.81.